The zero-order valence-corrected chi connectivity index (χ0v) is 10.6. The summed E-state index contributed by atoms with van der Waals surface area (Å²) in [4.78, 5) is 25.3. The van der Waals surface area contributed by atoms with Gasteiger partial charge in [-0.05, 0) is 24.5 Å². The Balaban J connectivity index is 2.04. The average Bonchev–Trinajstić information content (AvgIpc) is 2.69. The summed E-state index contributed by atoms with van der Waals surface area (Å²) >= 11 is 0. The minimum absolute atomic E-state index is 0.0447. The Labute approximate surface area is 105 Å². The molecule has 0 saturated carbocycles. The van der Waals surface area contributed by atoms with Gasteiger partial charge >= 0.3 is 11.9 Å². The monoisotopic (exact) mass is 251 g/mol. The van der Waals surface area contributed by atoms with Gasteiger partial charge < -0.3 is 14.5 Å². The van der Waals surface area contributed by atoms with Gasteiger partial charge in [-0.3, -0.25) is 9.59 Å². The highest BCUT2D eigenvalue weighted by Crippen LogP contribution is 2.24. The molecular weight excluding hydrogens is 234 g/mol. The molecule has 1 aliphatic rings. The van der Waals surface area contributed by atoms with E-state index in [-0.39, 0.29) is 24.5 Å². The summed E-state index contributed by atoms with van der Waals surface area (Å²) in [6, 6.07) is 1.96. The lowest BCUT2D eigenvalue weighted by Crippen LogP contribution is -2.23. The van der Waals surface area contributed by atoms with Gasteiger partial charge in [0.2, 0.25) is 0 Å². The smallest absolute Gasteiger partial charge is 0.311 e. The van der Waals surface area contributed by atoms with E-state index in [1.54, 1.807) is 0 Å². The molecule has 98 valence electrons. The fourth-order valence-corrected chi connectivity index (χ4v) is 2.32. The first kappa shape index (κ1) is 12.7. The third-order valence-electron chi connectivity index (χ3n) is 3.11. The maximum atomic E-state index is 11.2. The Kier molecular flexibility index (Phi) is 3.69. The summed E-state index contributed by atoms with van der Waals surface area (Å²) in [5, 5.41) is 0. The minimum atomic E-state index is -0.259. The molecule has 0 bridgehead atoms. The van der Waals surface area contributed by atoms with E-state index in [4.69, 9.17) is 4.74 Å². The van der Waals surface area contributed by atoms with Crippen molar-refractivity contribution in [1.29, 1.82) is 0 Å². The number of rotatable bonds is 3. The highest BCUT2D eigenvalue weighted by atomic mass is 16.5. The van der Waals surface area contributed by atoms with Crippen LogP contribution in [0, 0.1) is 0 Å². The van der Waals surface area contributed by atoms with Crippen LogP contribution in [0.25, 0.3) is 0 Å². The molecule has 1 aromatic rings. The van der Waals surface area contributed by atoms with Crippen LogP contribution in [0.1, 0.15) is 30.3 Å². The highest BCUT2D eigenvalue weighted by Gasteiger charge is 2.23. The molecule has 1 heterocycles. The van der Waals surface area contributed by atoms with E-state index in [0.29, 0.717) is 6.42 Å². The first-order valence-corrected chi connectivity index (χ1v) is 6.02. The van der Waals surface area contributed by atoms with Gasteiger partial charge in [0.1, 0.15) is 6.10 Å². The topological polar surface area (TPSA) is 68.4 Å². The highest BCUT2D eigenvalue weighted by molar-refractivity contribution is 5.72. The summed E-state index contributed by atoms with van der Waals surface area (Å²) in [5.41, 5.74) is 3.12. The predicted molar refractivity (Wildman–Crippen MR) is 64.1 cm³/mol. The number of esters is 2. The van der Waals surface area contributed by atoms with Crippen molar-refractivity contribution in [2.24, 2.45) is 0 Å². The molecule has 18 heavy (non-hydrogen) atoms. The molecule has 0 aliphatic heterocycles. The van der Waals surface area contributed by atoms with Crippen LogP contribution in [0.5, 0.6) is 0 Å². The zero-order valence-electron chi connectivity index (χ0n) is 10.6. The van der Waals surface area contributed by atoms with Crippen LogP contribution in [-0.4, -0.2) is 30.1 Å². The Bertz CT molecular complexity index is 464. The number of H-pyrrole nitrogens is 1. The lowest BCUT2D eigenvalue weighted by atomic mass is 9.95. The van der Waals surface area contributed by atoms with E-state index in [0.717, 1.165) is 29.8 Å². The molecule has 0 amide bonds. The van der Waals surface area contributed by atoms with Crippen molar-refractivity contribution < 1.29 is 19.1 Å². The number of ether oxygens (including phenoxy) is 2. The van der Waals surface area contributed by atoms with E-state index >= 15 is 0 Å². The van der Waals surface area contributed by atoms with E-state index in [9.17, 15) is 9.59 Å². The summed E-state index contributed by atoms with van der Waals surface area (Å²) in [6.45, 7) is 1.43. The Morgan fingerprint density at radius 2 is 2.28 bits per heavy atom. The fourth-order valence-electron chi connectivity index (χ4n) is 2.32. The molecule has 0 saturated heterocycles. The SMILES string of the molecule is COC(=O)Cc1cc2c([nH]1)CCC(OC(C)=O)C2. The van der Waals surface area contributed by atoms with Crippen LogP contribution in [-0.2, 0) is 38.3 Å². The van der Waals surface area contributed by atoms with Crippen LogP contribution in [0.4, 0.5) is 0 Å². The van der Waals surface area contributed by atoms with E-state index < -0.39 is 0 Å². The summed E-state index contributed by atoms with van der Waals surface area (Å²) in [5.74, 6) is -0.501. The second-order valence-electron chi connectivity index (χ2n) is 4.53. The number of hydrogen-bond acceptors (Lipinski definition) is 4. The van der Waals surface area contributed by atoms with Crippen molar-refractivity contribution in [3.63, 3.8) is 0 Å². The van der Waals surface area contributed by atoms with Crippen LogP contribution in [0.2, 0.25) is 0 Å². The molecule has 0 radical (unpaired) electrons. The number of aromatic nitrogens is 1. The van der Waals surface area contributed by atoms with Crippen LogP contribution >= 0.6 is 0 Å². The maximum Gasteiger partial charge on any atom is 0.311 e. The summed E-state index contributed by atoms with van der Waals surface area (Å²) in [7, 11) is 1.38. The van der Waals surface area contributed by atoms with E-state index in [1.807, 2.05) is 6.07 Å². The molecule has 0 aromatic carbocycles. The number of methoxy groups -OCH3 is 1. The molecule has 1 unspecified atom stereocenters. The third-order valence-corrected chi connectivity index (χ3v) is 3.11. The molecule has 0 fully saturated rings. The van der Waals surface area contributed by atoms with Gasteiger partial charge in [-0.15, -0.1) is 0 Å². The average molecular weight is 251 g/mol. The first-order valence-electron chi connectivity index (χ1n) is 6.02. The Morgan fingerprint density at radius 3 is 2.94 bits per heavy atom. The minimum Gasteiger partial charge on any atom is -0.469 e. The van der Waals surface area contributed by atoms with Gasteiger partial charge in [0.05, 0.1) is 13.5 Å². The fraction of sp³-hybridized carbons (Fsp3) is 0.538. The number of fused-ring (bicyclic) bond motifs is 1. The molecular formula is C13H17NO4. The summed E-state index contributed by atoms with van der Waals surface area (Å²) in [6.07, 6.45) is 2.59. The first-order chi connectivity index (χ1) is 8.58. The maximum absolute atomic E-state index is 11.2. The lowest BCUT2D eigenvalue weighted by molar-refractivity contribution is -0.146. The summed E-state index contributed by atoms with van der Waals surface area (Å²) < 4.78 is 9.85. The predicted octanol–water partition coefficient (Wildman–Crippen LogP) is 1.15. The number of carbonyl (C=O) groups excluding carboxylic acids is 2. The molecule has 1 N–H and O–H groups in total. The van der Waals surface area contributed by atoms with Crippen LogP contribution < -0.4 is 0 Å². The number of nitrogens with one attached hydrogen (secondary N) is 1. The third kappa shape index (κ3) is 2.91. The largest absolute Gasteiger partial charge is 0.469 e. The molecule has 1 aliphatic carbocycles. The normalized spacial score (nSPS) is 18.0. The van der Waals surface area contributed by atoms with Crippen molar-refractivity contribution in [2.75, 3.05) is 7.11 Å². The molecule has 5 heteroatoms. The van der Waals surface area contributed by atoms with Gasteiger partial charge in [0.15, 0.2) is 0 Å². The quantitative estimate of drug-likeness (QED) is 0.818. The van der Waals surface area contributed by atoms with Gasteiger partial charge in [-0.2, -0.15) is 0 Å². The van der Waals surface area contributed by atoms with Crippen molar-refractivity contribution >= 4 is 11.9 Å². The molecule has 5 nitrogen and oxygen atoms in total. The van der Waals surface area contributed by atoms with Gasteiger partial charge in [0, 0.05) is 24.7 Å². The van der Waals surface area contributed by atoms with Gasteiger partial charge in [0.25, 0.3) is 0 Å². The van der Waals surface area contributed by atoms with E-state index in [1.165, 1.54) is 14.0 Å². The molecule has 1 aromatic heterocycles. The number of aromatic amines is 1. The van der Waals surface area contributed by atoms with Crippen molar-refractivity contribution in [3.05, 3.63) is 23.0 Å². The van der Waals surface area contributed by atoms with Crippen molar-refractivity contribution in [1.82, 2.24) is 4.98 Å². The molecule has 2 rings (SSSR count). The zero-order chi connectivity index (χ0) is 13.1. The van der Waals surface area contributed by atoms with Gasteiger partial charge in [-0.1, -0.05) is 0 Å². The van der Waals surface area contributed by atoms with Crippen molar-refractivity contribution in [3.8, 4) is 0 Å². The van der Waals surface area contributed by atoms with Crippen molar-refractivity contribution in [2.45, 2.75) is 38.7 Å². The molecule has 1 atom stereocenters. The van der Waals surface area contributed by atoms with Crippen LogP contribution in [0.15, 0.2) is 6.07 Å². The Morgan fingerprint density at radius 1 is 1.50 bits per heavy atom. The number of carbonyl (C=O) groups is 2. The van der Waals surface area contributed by atoms with Crippen LogP contribution in [0.3, 0.4) is 0 Å². The second kappa shape index (κ2) is 5.25. The lowest BCUT2D eigenvalue weighted by Gasteiger charge is -2.21. The number of hydrogen-bond donors (Lipinski definition) is 1. The second-order valence-corrected chi connectivity index (χ2v) is 4.53. The van der Waals surface area contributed by atoms with E-state index in [2.05, 4.69) is 9.72 Å². The van der Waals surface area contributed by atoms with Gasteiger partial charge in [-0.25, -0.2) is 0 Å². The molecule has 0 spiro atoms. The standard InChI is InChI=1S/C13H17NO4/c1-8(15)18-11-3-4-12-9(6-11)5-10(14-12)7-13(16)17-2/h5,11,14H,3-4,6-7H2,1-2H3. The number of aryl methyl sites for hydroxylation is 1. The Hall–Kier alpha value is -1.78.